The monoisotopic (exact) mass is 483 g/mol. The summed E-state index contributed by atoms with van der Waals surface area (Å²) in [6.45, 7) is 14.9. The predicted molar refractivity (Wildman–Crippen MR) is 116 cm³/mol. The summed E-state index contributed by atoms with van der Waals surface area (Å²) in [5.74, 6) is 0.277. The number of phenolic OH excluding ortho intramolecular Hbond substituents is 1. The van der Waals surface area contributed by atoms with Crippen molar-refractivity contribution >= 4 is 28.9 Å². The topological polar surface area (TPSA) is 32.6 Å². The first-order valence-electron chi connectivity index (χ1n) is 8.85. The van der Waals surface area contributed by atoms with E-state index in [9.17, 15) is 5.11 Å². The summed E-state index contributed by atoms with van der Waals surface area (Å²) >= 11 is -0.826. The van der Waals surface area contributed by atoms with Crippen molar-refractivity contribution in [2.24, 2.45) is 4.99 Å². The number of aliphatic imine (C=N–C) groups is 1. The fourth-order valence-corrected chi connectivity index (χ4v) is 2.52. The van der Waals surface area contributed by atoms with Crippen LogP contribution in [0.1, 0.15) is 63.8 Å². The van der Waals surface area contributed by atoms with Crippen LogP contribution in [0.3, 0.4) is 0 Å². The van der Waals surface area contributed by atoms with Crippen molar-refractivity contribution in [3.05, 3.63) is 58.7 Å². The molecule has 5 heteroatoms. The van der Waals surface area contributed by atoms with E-state index in [2.05, 4.69) is 71.7 Å². The van der Waals surface area contributed by atoms with E-state index in [1.165, 1.54) is 11.1 Å². The third-order valence-electron chi connectivity index (χ3n) is 4.19. The van der Waals surface area contributed by atoms with E-state index in [0.29, 0.717) is 5.69 Å². The summed E-state index contributed by atoms with van der Waals surface area (Å²) in [5, 5.41) is 10.7. The van der Waals surface area contributed by atoms with Gasteiger partial charge < -0.3 is 5.11 Å². The number of phenols is 1. The van der Waals surface area contributed by atoms with Gasteiger partial charge in [0.05, 0.1) is 0 Å². The maximum absolute atomic E-state index is 10.7. The fourth-order valence-electron chi connectivity index (χ4n) is 2.52. The molecule has 0 saturated carbocycles. The van der Waals surface area contributed by atoms with Gasteiger partial charge in [0.15, 0.2) is 0 Å². The Hall–Kier alpha value is -0.627. The van der Waals surface area contributed by atoms with Crippen LogP contribution in [0.4, 0.5) is 5.69 Å². The van der Waals surface area contributed by atoms with Crippen molar-refractivity contribution in [1.29, 1.82) is 0 Å². The van der Waals surface area contributed by atoms with Gasteiger partial charge in [-0.15, -0.1) is 0 Å². The molecule has 0 aromatic heterocycles. The fraction of sp³-hybridized carbons (Fsp3) is 0.409. The standard InChI is InChI=1S/C22H29NO.2ClH.Zr/c1-15-8-10-16(11-9-15)14-23-19-13-17(21(2,3)4)12-18(20(19)24)22(5,6)7;;;/h8-14,24H,1-7H3;2*1H;/q;;;+2/p-2. The van der Waals surface area contributed by atoms with Gasteiger partial charge >= 0.3 is 37.9 Å². The molecule has 0 radical (unpaired) electrons. The second-order valence-corrected chi connectivity index (χ2v) is 12.4. The Morgan fingerprint density at radius 1 is 0.926 bits per heavy atom. The average molecular weight is 486 g/mol. The second-order valence-electron chi connectivity index (χ2n) is 8.63. The number of rotatable bonds is 2. The van der Waals surface area contributed by atoms with Crippen molar-refractivity contribution < 1.29 is 26.0 Å². The van der Waals surface area contributed by atoms with Crippen LogP contribution in [0.25, 0.3) is 0 Å². The Morgan fingerprint density at radius 3 is 1.89 bits per heavy atom. The first-order chi connectivity index (χ1) is 12.4. The summed E-state index contributed by atoms with van der Waals surface area (Å²) in [5.41, 5.74) is 4.86. The van der Waals surface area contributed by atoms with Crippen molar-refractivity contribution in [3.8, 4) is 5.75 Å². The zero-order valence-corrected chi connectivity index (χ0v) is 21.2. The van der Waals surface area contributed by atoms with Crippen molar-refractivity contribution in [1.82, 2.24) is 0 Å². The van der Waals surface area contributed by atoms with Crippen LogP contribution in [-0.2, 0) is 31.7 Å². The molecule has 146 valence electrons. The Kier molecular flexibility index (Phi) is 9.25. The molecule has 2 aromatic carbocycles. The van der Waals surface area contributed by atoms with Gasteiger partial charge in [0.2, 0.25) is 0 Å². The van der Waals surface area contributed by atoms with Crippen LogP contribution in [-0.4, -0.2) is 11.3 Å². The average Bonchev–Trinajstić information content (AvgIpc) is 2.54. The molecule has 0 heterocycles. The molecular weight excluding hydrogens is 456 g/mol. The van der Waals surface area contributed by atoms with E-state index in [4.69, 9.17) is 17.0 Å². The Balaban J connectivity index is 0.00000114. The summed E-state index contributed by atoms with van der Waals surface area (Å²) in [6.07, 6.45) is 1.81. The number of halogens is 2. The van der Waals surface area contributed by atoms with Gasteiger partial charge in [0.25, 0.3) is 0 Å². The number of aryl methyl sites for hydroxylation is 1. The summed E-state index contributed by atoms with van der Waals surface area (Å²) in [7, 11) is 9.87. The van der Waals surface area contributed by atoms with Crippen LogP contribution >= 0.6 is 17.0 Å². The molecule has 0 aliphatic rings. The normalized spacial score (nSPS) is 11.9. The molecule has 0 aliphatic heterocycles. The van der Waals surface area contributed by atoms with Crippen LogP contribution in [0.2, 0.25) is 0 Å². The van der Waals surface area contributed by atoms with Crippen LogP contribution in [0.5, 0.6) is 5.75 Å². The quantitative estimate of drug-likeness (QED) is 0.441. The molecule has 0 atom stereocenters. The Morgan fingerprint density at radius 2 is 1.44 bits per heavy atom. The molecule has 0 spiro atoms. The van der Waals surface area contributed by atoms with E-state index in [-0.39, 0.29) is 16.6 Å². The van der Waals surface area contributed by atoms with Gasteiger partial charge in [-0.1, -0.05) is 77.4 Å². The van der Waals surface area contributed by atoms with Crippen molar-refractivity contribution in [3.63, 3.8) is 0 Å². The van der Waals surface area contributed by atoms with E-state index in [0.717, 1.165) is 11.1 Å². The molecule has 0 aliphatic carbocycles. The van der Waals surface area contributed by atoms with Gasteiger partial charge in [0, 0.05) is 11.8 Å². The molecule has 0 amide bonds. The molecular formula is C22H29Cl2NOZr. The zero-order valence-electron chi connectivity index (χ0n) is 17.2. The van der Waals surface area contributed by atoms with E-state index in [1.807, 2.05) is 24.4 Å². The number of nitrogens with zero attached hydrogens (tertiary/aromatic N) is 1. The van der Waals surface area contributed by atoms with Gasteiger partial charge in [-0.2, -0.15) is 0 Å². The van der Waals surface area contributed by atoms with Crippen LogP contribution in [0, 0.1) is 6.92 Å². The Bertz CT molecular complexity index is 773. The zero-order chi connectivity index (χ0) is 20.8. The van der Waals surface area contributed by atoms with Gasteiger partial charge in [0.1, 0.15) is 11.4 Å². The van der Waals surface area contributed by atoms with E-state index in [1.54, 1.807) is 0 Å². The molecule has 0 saturated heterocycles. The number of aromatic hydroxyl groups is 1. The number of hydrogen-bond donors (Lipinski definition) is 1. The second kappa shape index (κ2) is 10.2. The molecule has 1 N–H and O–H groups in total. The molecule has 0 bridgehead atoms. The van der Waals surface area contributed by atoms with Crippen molar-refractivity contribution in [2.45, 2.75) is 59.3 Å². The first kappa shape index (κ1) is 24.4. The third kappa shape index (κ3) is 7.72. The molecule has 0 unspecified atom stereocenters. The van der Waals surface area contributed by atoms with Crippen LogP contribution < -0.4 is 0 Å². The SMILES string of the molecule is Cc1ccc(C=Nc2cc(C(C)(C)C)cc(C(C)(C)C)c2O)cc1.[Cl][Zr][Cl]. The number of hydrogen-bond acceptors (Lipinski definition) is 2. The van der Waals surface area contributed by atoms with E-state index >= 15 is 0 Å². The predicted octanol–water partition coefficient (Wildman–Crippen LogP) is 7.42. The van der Waals surface area contributed by atoms with E-state index < -0.39 is 20.8 Å². The molecule has 2 rings (SSSR count). The van der Waals surface area contributed by atoms with Gasteiger partial charge in [-0.3, -0.25) is 4.99 Å². The minimum atomic E-state index is -0.826. The Labute approximate surface area is 182 Å². The third-order valence-corrected chi connectivity index (χ3v) is 4.19. The summed E-state index contributed by atoms with van der Waals surface area (Å²) in [4.78, 5) is 4.58. The summed E-state index contributed by atoms with van der Waals surface area (Å²) < 4.78 is 0. The van der Waals surface area contributed by atoms with Crippen molar-refractivity contribution in [2.75, 3.05) is 0 Å². The minimum absolute atomic E-state index is 0.00181. The molecule has 0 fully saturated rings. The summed E-state index contributed by atoms with van der Waals surface area (Å²) in [6, 6.07) is 12.3. The van der Waals surface area contributed by atoms with Crippen LogP contribution in [0.15, 0.2) is 41.4 Å². The molecule has 2 nitrogen and oxygen atoms in total. The first-order valence-corrected chi connectivity index (χ1v) is 15.2. The molecule has 27 heavy (non-hydrogen) atoms. The molecule has 2 aromatic rings. The number of benzene rings is 2. The van der Waals surface area contributed by atoms with Gasteiger partial charge in [-0.05, 0) is 34.9 Å². The van der Waals surface area contributed by atoms with Gasteiger partial charge in [-0.25, -0.2) is 0 Å². The maximum atomic E-state index is 10.7.